The molecular formula is C20H18ClNO4. The normalized spacial score (nSPS) is 11.4. The van der Waals surface area contributed by atoms with Gasteiger partial charge < -0.3 is 9.15 Å². The van der Waals surface area contributed by atoms with Gasteiger partial charge in [0.15, 0.2) is 0 Å². The summed E-state index contributed by atoms with van der Waals surface area (Å²) in [5.74, 6) is 0. The lowest BCUT2D eigenvalue weighted by Crippen LogP contribution is -2.27. The second-order valence-electron chi connectivity index (χ2n) is 6.80. The number of anilines is 1. The van der Waals surface area contributed by atoms with E-state index in [-0.39, 0.29) is 0 Å². The van der Waals surface area contributed by atoms with Gasteiger partial charge in [-0.05, 0) is 45.0 Å². The number of carbonyl (C=O) groups is 1. The van der Waals surface area contributed by atoms with Crippen LogP contribution in [0.25, 0.3) is 22.1 Å². The molecule has 26 heavy (non-hydrogen) atoms. The second-order valence-corrected chi connectivity index (χ2v) is 7.24. The van der Waals surface area contributed by atoms with E-state index in [1.54, 1.807) is 69.3 Å². The van der Waals surface area contributed by atoms with Crippen LogP contribution in [0.4, 0.5) is 10.5 Å². The Bertz CT molecular complexity index is 1030. The van der Waals surface area contributed by atoms with Crippen molar-refractivity contribution in [2.75, 3.05) is 5.32 Å². The van der Waals surface area contributed by atoms with Crippen LogP contribution in [0.5, 0.6) is 0 Å². The van der Waals surface area contributed by atoms with E-state index in [0.717, 1.165) is 5.39 Å². The maximum atomic E-state index is 12.5. The minimum Gasteiger partial charge on any atom is -0.444 e. The Kier molecular flexibility index (Phi) is 4.74. The summed E-state index contributed by atoms with van der Waals surface area (Å²) in [5, 5.41) is 3.91. The quantitative estimate of drug-likeness (QED) is 0.607. The molecule has 3 rings (SSSR count). The van der Waals surface area contributed by atoms with E-state index in [0.29, 0.717) is 27.4 Å². The zero-order valence-electron chi connectivity index (χ0n) is 14.6. The summed E-state index contributed by atoms with van der Waals surface area (Å²) in [5.41, 5.74) is 0.611. The fraction of sp³-hybridized carbons (Fsp3) is 0.200. The highest BCUT2D eigenvalue weighted by Crippen LogP contribution is 2.29. The van der Waals surface area contributed by atoms with Crippen molar-refractivity contribution in [1.82, 2.24) is 0 Å². The van der Waals surface area contributed by atoms with E-state index in [9.17, 15) is 9.59 Å². The number of rotatable bonds is 2. The molecule has 5 nitrogen and oxygen atoms in total. The number of halogens is 1. The monoisotopic (exact) mass is 371 g/mol. The maximum absolute atomic E-state index is 12.5. The lowest BCUT2D eigenvalue weighted by Gasteiger charge is -2.20. The molecule has 0 aliphatic carbocycles. The topological polar surface area (TPSA) is 68.5 Å². The first-order valence-corrected chi connectivity index (χ1v) is 8.43. The van der Waals surface area contributed by atoms with Crippen LogP contribution < -0.4 is 10.9 Å². The Morgan fingerprint density at radius 2 is 1.81 bits per heavy atom. The number of amides is 1. The number of benzene rings is 2. The van der Waals surface area contributed by atoms with Gasteiger partial charge in [-0.2, -0.15) is 0 Å². The molecule has 2 aromatic carbocycles. The number of carbonyl (C=O) groups excluding carboxylic acids is 1. The molecule has 134 valence electrons. The number of para-hydroxylation sites is 1. The van der Waals surface area contributed by atoms with Crippen molar-refractivity contribution >= 4 is 34.4 Å². The number of nitrogens with one attached hydrogen (secondary N) is 1. The molecule has 1 N–H and O–H groups in total. The summed E-state index contributed by atoms with van der Waals surface area (Å²) in [7, 11) is 0. The Morgan fingerprint density at radius 3 is 2.54 bits per heavy atom. The summed E-state index contributed by atoms with van der Waals surface area (Å²) in [6.45, 7) is 5.34. The molecule has 1 aromatic heterocycles. The summed E-state index contributed by atoms with van der Waals surface area (Å²) < 4.78 is 10.7. The van der Waals surface area contributed by atoms with Crippen LogP contribution in [-0.4, -0.2) is 11.7 Å². The first kappa shape index (κ1) is 18.0. The average Bonchev–Trinajstić information content (AvgIpc) is 2.53. The lowest BCUT2D eigenvalue weighted by molar-refractivity contribution is 0.0636. The van der Waals surface area contributed by atoms with Crippen molar-refractivity contribution < 1.29 is 13.9 Å². The van der Waals surface area contributed by atoms with Gasteiger partial charge in [0.25, 0.3) is 0 Å². The van der Waals surface area contributed by atoms with Crippen LogP contribution in [-0.2, 0) is 4.74 Å². The molecule has 0 aliphatic heterocycles. The highest BCUT2D eigenvalue weighted by molar-refractivity contribution is 6.31. The summed E-state index contributed by atoms with van der Waals surface area (Å²) in [6, 6.07) is 13.8. The third-order valence-electron chi connectivity index (χ3n) is 3.55. The van der Waals surface area contributed by atoms with Crippen molar-refractivity contribution in [1.29, 1.82) is 0 Å². The van der Waals surface area contributed by atoms with Crippen LogP contribution >= 0.6 is 11.6 Å². The molecule has 1 amide bonds. The molecule has 3 aromatic rings. The van der Waals surface area contributed by atoms with E-state index < -0.39 is 17.3 Å². The standard InChI is InChI=1S/C20H18ClNO4/c1-20(2,3)26-19(24)22-16-7-5-4-6-14(16)15-10-12-8-9-13(21)11-17(12)25-18(15)23/h4-11H,1-3H3,(H,22,24). The lowest BCUT2D eigenvalue weighted by atomic mass is 10.0. The van der Waals surface area contributed by atoms with Crippen LogP contribution in [0.2, 0.25) is 5.02 Å². The molecule has 0 unspecified atom stereocenters. The highest BCUT2D eigenvalue weighted by Gasteiger charge is 2.18. The van der Waals surface area contributed by atoms with Gasteiger partial charge in [0.05, 0.1) is 11.3 Å². The minimum absolute atomic E-state index is 0.339. The molecule has 6 heteroatoms. The molecule has 0 spiro atoms. The highest BCUT2D eigenvalue weighted by atomic mass is 35.5. The van der Waals surface area contributed by atoms with Gasteiger partial charge in [0.1, 0.15) is 11.2 Å². The minimum atomic E-state index is -0.625. The van der Waals surface area contributed by atoms with Gasteiger partial charge in [-0.15, -0.1) is 0 Å². The van der Waals surface area contributed by atoms with Crippen LogP contribution in [0.3, 0.4) is 0 Å². The smallest absolute Gasteiger partial charge is 0.412 e. The van der Waals surface area contributed by atoms with Crippen molar-refractivity contribution in [3.05, 3.63) is 64.0 Å². The van der Waals surface area contributed by atoms with Crippen molar-refractivity contribution in [2.24, 2.45) is 0 Å². The zero-order chi connectivity index (χ0) is 18.9. The van der Waals surface area contributed by atoms with Crippen LogP contribution in [0.15, 0.2) is 57.7 Å². The number of fused-ring (bicyclic) bond motifs is 1. The van der Waals surface area contributed by atoms with Gasteiger partial charge in [0.2, 0.25) is 0 Å². The van der Waals surface area contributed by atoms with E-state index in [2.05, 4.69) is 5.32 Å². The molecule has 0 atom stereocenters. The summed E-state index contributed by atoms with van der Waals surface area (Å²) >= 11 is 5.94. The Morgan fingerprint density at radius 1 is 1.08 bits per heavy atom. The van der Waals surface area contributed by atoms with Crippen molar-refractivity contribution in [3.8, 4) is 11.1 Å². The molecular weight excluding hydrogens is 354 g/mol. The van der Waals surface area contributed by atoms with Crippen LogP contribution in [0.1, 0.15) is 20.8 Å². The molecule has 1 heterocycles. The molecule has 0 aliphatic rings. The number of ether oxygens (including phenoxy) is 1. The fourth-order valence-electron chi connectivity index (χ4n) is 2.51. The average molecular weight is 372 g/mol. The van der Waals surface area contributed by atoms with Gasteiger partial charge in [-0.3, -0.25) is 5.32 Å². The molecule has 0 bridgehead atoms. The first-order valence-electron chi connectivity index (χ1n) is 8.06. The largest absolute Gasteiger partial charge is 0.444 e. The number of hydrogen-bond donors (Lipinski definition) is 1. The molecule has 0 saturated carbocycles. The maximum Gasteiger partial charge on any atom is 0.412 e. The van der Waals surface area contributed by atoms with E-state index in [1.807, 2.05) is 0 Å². The molecule has 0 saturated heterocycles. The summed E-state index contributed by atoms with van der Waals surface area (Å²) in [4.78, 5) is 24.6. The molecule has 0 radical (unpaired) electrons. The van der Waals surface area contributed by atoms with Gasteiger partial charge >= 0.3 is 11.7 Å². The summed E-state index contributed by atoms with van der Waals surface area (Å²) in [6.07, 6.45) is -0.595. The van der Waals surface area contributed by atoms with Gasteiger partial charge in [0, 0.05) is 22.0 Å². The van der Waals surface area contributed by atoms with Crippen molar-refractivity contribution in [3.63, 3.8) is 0 Å². The Balaban J connectivity index is 2.04. The predicted octanol–water partition coefficient (Wildman–Crippen LogP) is 5.46. The molecule has 0 fully saturated rings. The SMILES string of the molecule is CC(C)(C)OC(=O)Nc1ccccc1-c1cc2ccc(Cl)cc2oc1=O. The Labute approximate surface area is 155 Å². The van der Waals surface area contributed by atoms with E-state index >= 15 is 0 Å². The third-order valence-corrected chi connectivity index (χ3v) is 3.79. The third kappa shape index (κ3) is 4.06. The first-order chi connectivity index (χ1) is 12.2. The number of hydrogen-bond acceptors (Lipinski definition) is 4. The van der Waals surface area contributed by atoms with E-state index in [1.165, 1.54) is 0 Å². The zero-order valence-corrected chi connectivity index (χ0v) is 15.4. The Hall–Kier alpha value is -2.79. The van der Waals surface area contributed by atoms with Crippen LogP contribution in [0, 0.1) is 0 Å². The van der Waals surface area contributed by atoms with Gasteiger partial charge in [-0.1, -0.05) is 29.8 Å². The van der Waals surface area contributed by atoms with Gasteiger partial charge in [-0.25, -0.2) is 9.59 Å². The second kappa shape index (κ2) is 6.84. The van der Waals surface area contributed by atoms with E-state index in [4.69, 9.17) is 20.8 Å². The fourth-order valence-corrected chi connectivity index (χ4v) is 2.68. The predicted molar refractivity (Wildman–Crippen MR) is 103 cm³/mol. The van der Waals surface area contributed by atoms with Crippen molar-refractivity contribution in [2.45, 2.75) is 26.4 Å².